The molecule has 1 aromatic heterocycles. The van der Waals surface area contributed by atoms with Crippen LogP contribution in [0.3, 0.4) is 0 Å². The quantitative estimate of drug-likeness (QED) is 0.494. The predicted molar refractivity (Wildman–Crippen MR) is 111 cm³/mol. The zero-order valence-corrected chi connectivity index (χ0v) is 16.4. The topological polar surface area (TPSA) is 131 Å². The predicted octanol–water partition coefficient (Wildman–Crippen LogP) is 4.33. The van der Waals surface area contributed by atoms with Crippen molar-refractivity contribution in [1.82, 2.24) is 10.2 Å². The number of nitriles is 1. The number of nitro benzene ring substituents is 1. The average molecular weight is 401 g/mol. The van der Waals surface area contributed by atoms with Crippen LogP contribution >= 0.6 is 0 Å². The molecule has 0 unspecified atom stereocenters. The van der Waals surface area contributed by atoms with E-state index in [1.807, 2.05) is 24.3 Å². The van der Waals surface area contributed by atoms with E-state index in [9.17, 15) is 15.4 Å². The Bertz CT molecular complexity index is 1200. The molecule has 4 rings (SSSR count). The van der Waals surface area contributed by atoms with Crippen molar-refractivity contribution in [3.8, 4) is 23.2 Å². The zero-order valence-electron chi connectivity index (χ0n) is 16.4. The van der Waals surface area contributed by atoms with E-state index in [-0.39, 0.29) is 23.0 Å². The lowest BCUT2D eigenvalue weighted by atomic mass is 9.82. The SMILES string of the molecule is CC(C)c1ccc([C@@H]2C(C#N)=C(N)Oc3n[nH]c(-c4cccc([N+](=O)[O-])c4)c32)cc1. The summed E-state index contributed by atoms with van der Waals surface area (Å²) >= 11 is 0. The van der Waals surface area contributed by atoms with Crippen LogP contribution in [0.15, 0.2) is 60.0 Å². The third-order valence-corrected chi connectivity index (χ3v) is 5.22. The fraction of sp³-hybridized carbons (Fsp3) is 0.182. The fourth-order valence-electron chi connectivity index (χ4n) is 3.65. The molecule has 2 aromatic carbocycles. The van der Waals surface area contributed by atoms with Crippen LogP contribution in [0.1, 0.15) is 42.4 Å². The summed E-state index contributed by atoms with van der Waals surface area (Å²) in [6, 6.07) is 16.4. The van der Waals surface area contributed by atoms with Crippen molar-refractivity contribution in [2.24, 2.45) is 5.73 Å². The normalized spacial score (nSPS) is 15.5. The fourth-order valence-corrected chi connectivity index (χ4v) is 3.65. The van der Waals surface area contributed by atoms with Crippen molar-refractivity contribution >= 4 is 5.69 Å². The van der Waals surface area contributed by atoms with E-state index >= 15 is 0 Å². The van der Waals surface area contributed by atoms with E-state index in [2.05, 4.69) is 30.1 Å². The molecule has 2 heterocycles. The Morgan fingerprint density at radius 1 is 1.27 bits per heavy atom. The van der Waals surface area contributed by atoms with Crippen LogP contribution in [-0.4, -0.2) is 15.1 Å². The van der Waals surface area contributed by atoms with Gasteiger partial charge in [0.2, 0.25) is 11.8 Å². The van der Waals surface area contributed by atoms with Crippen LogP contribution in [0, 0.1) is 21.4 Å². The maximum Gasteiger partial charge on any atom is 0.270 e. The molecule has 0 aliphatic carbocycles. The van der Waals surface area contributed by atoms with Gasteiger partial charge in [0.15, 0.2) is 0 Å². The first-order chi connectivity index (χ1) is 14.4. The van der Waals surface area contributed by atoms with Gasteiger partial charge in [0.25, 0.3) is 5.69 Å². The van der Waals surface area contributed by atoms with E-state index < -0.39 is 10.8 Å². The van der Waals surface area contributed by atoms with E-state index in [4.69, 9.17) is 10.5 Å². The molecule has 3 aromatic rings. The maximum atomic E-state index is 11.2. The molecule has 3 N–H and O–H groups in total. The van der Waals surface area contributed by atoms with Crippen LogP contribution in [0.5, 0.6) is 5.88 Å². The third kappa shape index (κ3) is 3.16. The molecular weight excluding hydrogens is 382 g/mol. The van der Waals surface area contributed by atoms with Crippen LogP contribution in [0.25, 0.3) is 11.3 Å². The van der Waals surface area contributed by atoms with Gasteiger partial charge in [-0.25, -0.2) is 0 Å². The van der Waals surface area contributed by atoms with Crippen molar-refractivity contribution in [3.05, 3.63) is 86.8 Å². The highest BCUT2D eigenvalue weighted by atomic mass is 16.6. The minimum atomic E-state index is -0.507. The van der Waals surface area contributed by atoms with Crippen molar-refractivity contribution in [2.45, 2.75) is 25.7 Å². The number of nitrogens with zero attached hydrogens (tertiary/aromatic N) is 3. The molecule has 1 atom stereocenters. The first-order valence-electron chi connectivity index (χ1n) is 9.41. The number of nitro groups is 1. The highest BCUT2D eigenvalue weighted by molar-refractivity contribution is 5.72. The van der Waals surface area contributed by atoms with Crippen molar-refractivity contribution < 1.29 is 9.66 Å². The molecule has 0 radical (unpaired) electrons. The molecule has 0 spiro atoms. The average Bonchev–Trinajstić information content (AvgIpc) is 3.16. The van der Waals surface area contributed by atoms with Gasteiger partial charge in [0.1, 0.15) is 11.6 Å². The largest absolute Gasteiger partial charge is 0.420 e. The second-order valence-corrected chi connectivity index (χ2v) is 7.37. The van der Waals surface area contributed by atoms with Crippen molar-refractivity contribution in [2.75, 3.05) is 0 Å². The van der Waals surface area contributed by atoms with Gasteiger partial charge in [-0.05, 0) is 17.0 Å². The molecule has 1 aliphatic heterocycles. The molecule has 0 saturated heterocycles. The minimum Gasteiger partial charge on any atom is -0.420 e. The summed E-state index contributed by atoms with van der Waals surface area (Å²) in [6.45, 7) is 4.22. The summed E-state index contributed by atoms with van der Waals surface area (Å²) < 4.78 is 5.59. The van der Waals surface area contributed by atoms with Gasteiger partial charge < -0.3 is 10.5 Å². The monoisotopic (exact) mass is 401 g/mol. The smallest absolute Gasteiger partial charge is 0.270 e. The van der Waals surface area contributed by atoms with E-state index in [1.54, 1.807) is 12.1 Å². The first kappa shape index (κ1) is 19.2. The number of hydrogen-bond acceptors (Lipinski definition) is 6. The Hall–Kier alpha value is -4.12. The lowest BCUT2D eigenvalue weighted by molar-refractivity contribution is -0.384. The number of benzene rings is 2. The third-order valence-electron chi connectivity index (χ3n) is 5.22. The standard InChI is InChI=1S/C22H19N5O3/c1-12(2)13-6-8-14(9-7-13)18-17(11-23)21(24)30-22-19(18)20(25-26-22)15-4-3-5-16(10-15)27(28)29/h3-10,12,18H,24H2,1-2H3,(H,25,26)/t18-/m1/s1. The molecule has 150 valence electrons. The van der Waals surface area contributed by atoms with Crippen molar-refractivity contribution in [1.29, 1.82) is 5.26 Å². The summed E-state index contributed by atoms with van der Waals surface area (Å²) in [4.78, 5) is 10.8. The first-order valence-corrected chi connectivity index (χ1v) is 9.41. The summed E-state index contributed by atoms with van der Waals surface area (Å²) in [5.41, 5.74) is 10.0. The summed E-state index contributed by atoms with van der Waals surface area (Å²) in [6.07, 6.45) is 0. The number of H-pyrrole nitrogens is 1. The Balaban J connectivity index is 1.90. The van der Waals surface area contributed by atoms with Crippen LogP contribution in [0.4, 0.5) is 5.69 Å². The molecule has 0 fully saturated rings. The molecule has 8 heteroatoms. The Kier molecular flexibility index (Phi) is 4.72. The molecule has 0 amide bonds. The van der Waals surface area contributed by atoms with Gasteiger partial charge in [-0.2, -0.15) is 5.26 Å². The second-order valence-electron chi connectivity index (χ2n) is 7.37. The molecule has 0 bridgehead atoms. The van der Waals surface area contributed by atoms with Crippen LogP contribution < -0.4 is 10.5 Å². The number of hydrogen-bond donors (Lipinski definition) is 2. The maximum absolute atomic E-state index is 11.2. The van der Waals surface area contributed by atoms with Gasteiger partial charge >= 0.3 is 0 Å². The number of ether oxygens (including phenoxy) is 1. The Morgan fingerprint density at radius 3 is 2.63 bits per heavy atom. The van der Waals surface area contributed by atoms with E-state index in [0.29, 0.717) is 22.7 Å². The van der Waals surface area contributed by atoms with Gasteiger partial charge in [-0.3, -0.25) is 15.2 Å². The number of aromatic nitrogens is 2. The lowest BCUT2D eigenvalue weighted by Gasteiger charge is -2.24. The Morgan fingerprint density at radius 2 is 2.00 bits per heavy atom. The zero-order chi connectivity index (χ0) is 21.4. The number of nitrogens with one attached hydrogen (secondary N) is 1. The number of fused-ring (bicyclic) bond motifs is 1. The lowest BCUT2D eigenvalue weighted by Crippen LogP contribution is -2.21. The van der Waals surface area contributed by atoms with Crippen LogP contribution in [-0.2, 0) is 0 Å². The summed E-state index contributed by atoms with van der Waals surface area (Å²) in [5, 5.41) is 28.1. The van der Waals surface area contributed by atoms with Gasteiger partial charge in [0, 0.05) is 17.7 Å². The highest BCUT2D eigenvalue weighted by Gasteiger charge is 2.35. The van der Waals surface area contributed by atoms with Gasteiger partial charge in [-0.1, -0.05) is 50.2 Å². The number of allylic oxidation sites excluding steroid dienone is 1. The molecule has 1 aliphatic rings. The Labute approximate surface area is 172 Å². The molecular formula is C22H19N5O3. The van der Waals surface area contributed by atoms with Gasteiger partial charge in [-0.15, -0.1) is 5.10 Å². The van der Waals surface area contributed by atoms with E-state index in [0.717, 1.165) is 5.56 Å². The molecule has 0 saturated carbocycles. The highest BCUT2D eigenvalue weighted by Crippen LogP contribution is 2.46. The van der Waals surface area contributed by atoms with Gasteiger partial charge in [0.05, 0.1) is 22.1 Å². The molecule has 30 heavy (non-hydrogen) atoms. The molecule has 8 nitrogen and oxygen atoms in total. The second kappa shape index (κ2) is 7.37. The number of rotatable bonds is 4. The minimum absolute atomic E-state index is 0.0000262. The van der Waals surface area contributed by atoms with E-state index in [1.165, 1.54) is 17.7 Å². The summed E-state index contributed by atoms with van der Waals surface area (Å²) in [5.74, 6) is 0.119. The number of aromatic amines is 1. The number of nitrogens with two attached hydrogens (primary N) is 1. The van der Waals surface area contributed by atoms with Crippen molar-refractivity contribution in [3.63, 3.8) is 0 Å². The van der Waals surface area contributed by atoms with Crippen LogP contribution in [0.2, 0.25) is 0 Å². The summed E-state index contributed by atoms with van der Waals surface area (Å²) in [7, 11) is 0. The number of non-ortho nitro benzene ring substituents is 1.